The van der Waals surface area contributed by atoms with Gasteiger partial charge >= 0.3 is 0 Å². The number of hydrogen-bond donors (Lipinski definition) is 2. The number of unbranched alkanes of at least 4 members (excludes halogenated alkanes) is 1. The standard InChI is InChI=1S/C22H25N3O5S/c1-3-4-8-17(24-21-16-7-5-6-9-20(16)31(27,28)25-21)22(26)23-14(2)15-10-11-18-19(12-15)30-13-29-18/h5-7,9-12,14,17H,3-4,8,13H2,1-2H3,(H,23,26)(H,24,25). The maximum absolute atomic E-state index is 13.1. The van der Waals surface area contributed by atoms with Crippen molar-refractivity contribution in [2.75, 3.05) is 6.79 Å². The van der Waals surface area contributed by atoms with Gasteiger partial charge in [-0.15, -0.1) is 0 Å². The van der Waals surface area contributed by atoms with Gasteiger partial charge in [-0.05, 0) is 43.2 Å². The third kappa shape index (κ3) is 4.36. The molecule has 8 nitrogen and oxygen atoms in total. The Morgan fingerprint density at radius 1 is 1.19 bits per heavy atom. The lowest BCUT2D eigenvalue weighted by molar-refractivity contribution is -0.123. The molecular formula is C22H25N3O5S. The van der Waals surface area contributed by atoms with Crippen LogP contribution >= 0.6 is 0 Å². The number of benzene rings is 2. The van der Waals surface area contributed by atoms with Crippen LogP contribution in [0.15, 0.2) is 52.4 Å². The van der Waals surface area contributed by atoms with Gasteiger partial charge in [0.2, 0.25) is 12.7 Å². The van der Waals surface area contributed by atoms with Gasteiger partial charge < -0.3 is 14.8 Å². The van der Waals surface area contributed by atoms with E-state index in [-0.39, 0.29) is 29.5 Å². The number of nitrogens with one attached hydrogen (secondary N) is 2. The number of carbonyl (C=O) groups is 1. The molecule has 164 valence electrons. The van der Waals surface area contributed by atoms with Crippen molar-refractivity contribution in [3.8, 4) is 11.5 Å². The molecule has 0 aromatic heterocycles. The maximum Gasteiger partial charge on any atom is 0.263 e. The minimum atomic E-state index is -3.66. The number of amidine groups is 1. The van der Waals surface area contributed by atoms with Crippen LogP contribution in [0.3, 0.4) is 0 Å². The summed E-state index contributed by atoms with van der Waals surface area (Å²) >= 11 is 0. The third-order valence-corrected chi connectivity index (χ3v) is 6.73. The molecule has 2 aromatic carbocycles. The number of nitrogens with zero attached hydrogens (tertiary/aromatic N) is 1. The van der Waals surface area contributed by atoms with Crippen molar-refractivity contribution in [1.82, 2.24) is 10.0 Å². The molecule has 2 unspecified atom stereocenters. The summed E-state index contributed by atoms with van der Waals surface area (Å²) in [7, 11) is -3.66. The van der Waals surface area contributed by atoms with E-state index in [0.717, 1.165) is 18.4 Å². The number of sulfonamides is 1. The van der Waals surface area contributed by atoms with E-state index in [1.165, 1.54) is 6.07 Å². The Balaban J connectivity index is 1.55. The first-order chi connectivity index (χ1) is 14.9. The predicted octanol–water partition coefficient (Wildman–Crippen LogP) is 2.89. The summed E-state index contributed by atoms with van der Waals surface area (Å²) in [6, 6.07) is 11.2. The number of carbonyl (C=O) groups excluding carboxylic acids is 1. The van der Waals surface area contributed by atoms with Crippen molar-refractivity contribution in [3.05, 3.63) is 53.6 Å². The monoisotopic (exact) mass is 443 g/mol. The number of fused-ring (bicyclic) bond motifs is 2. The fraction of sp³-hybridized carbons (Fsp3) is 0.364. The summed E-state index contributed by atoms with van der Waals surface area (Å²) in [6.45, 7) is 4.10. The molecule has 2 aliphatic rings. The van der Waals surface area contributed by atoms with Crippen molar-refractivity contribution >= 4 is 21.8 Å². The van der Waals surface area contributed by atoms with Gasteiger partial charge in [0.15, 0.2) is 11.5 Å². The predicted molar refractivity (Wildman–Crippen MR) is 116 cm³/mol. The Hall–Kier alpha value is -3.07. The molecule has 0 fully saturated rings. The molecule has 0 radical (unpaired) electrons. The van der Waals surface area contributed by atoms with Gasteiger partial charge in [-0.2, -0.15) is 0 Å². The number of rotatable bonds is 7. The van der Waals surface area contributed by atoms with Crippen molar-refractivity contribution in [1.29, 1.82) is 0 Å². The van der Waals surface area contributed by atoms with E-state index in [0.29, 0.717) is 23.5 Å². The lowest BCUT2D eigenvalue weighted by atomic mass is 10.1. The fourth-order valence-electron chi connectivity index (χ4n) is 3.61. The first-order valence-corrected chi connectivity index (χ1v) is 11.8. The fourth-order valence-corrected chi connectivity index (χ4v) is 4.85. The molecule has 0 saturated carbocycles. The van der Waals surface area contributed by atoms with Gasteiger partial charge in [0.1, 0.15) is 11.9 Å². The number of ether oxygens (including phenoxy) is 2. The second-order valence-corrected chi connectivity index (χ2v) is 9.23. The normalized spacial score (nSPS) is 18.8. The molecule has 31 heavy (non-hydrogen) atoms. The van der Waals surface area contributed by atoms with E-state index in [1.807, 2.05) is 32.0 Å². The quantitative estimate of drug-likeness (QED) is 0.684. The highest BCUT2D eigenvalue weighted by Gasteiger charge is 2.32. The van der Waals surface area contributed by atoms with Crippen LogP contribution in [0, 0.1) is 0 Å². The zero-order valence-electron chi connectivity index (χ0n) is 17.4. The van der Waals surface area contributed by atoms with Crippen molar-refractivity contribution in [2.24, 2.45) is 4.99 Å². The third-order valence-electron chi connectivity index (χ3n) is 5.34. The van der Waals surface area contributed by atoms with Crippen LogP contribution in [0.2, 0.25) is 0 Å². The van der Waals surface area contributed by atoms with Gasteiger partial charge in [0.05, 0.1) is 10.9 Å². The topological polar surface area (TPSA) is 106 Å². The van der Waals surface area contributed by atoms with Crippen molar-refractivity contribution in [2.45, 2.75) is 50.1 Å². The van der Waals surface area contributed by atoms with Gasteiger partial charge in [-0.25, -0.2) is 8.42 Å². The first kappa shape index (κ1) is 21.2. The van der Waals surface area contributed by atoms with E-state index < -0.39 is 16.1 Å². The highest BCUT2D eigenvalue weighted by Crippen LogP contribution is 2.34. The van der Waals surface area contributed by atoms with Crippen LogP contribution in [-0.2, 0) is 14.8 Å². The Morgan fingerprint density at radius 3 is 2.77 bits per heavy atom. The minimum absolute atomic E-state index is 0.178. The zero-order valence-corrected chi connectivity index (χ0v) is 18.2. The SMILES string of the molecule is CCCCC(N=C1NS(=O)(=O)c2ccccc21)C(=O)NC(C)c1ccc2c(c1)OCO2. The Labute approximate surface area is 181 Å². The molecule has 0 spiro atoms. The molecule has 2 N–H and O–H groups in total. The highest BCUT2D eigenvalue weighted by molar-refractivity contribution is 7.90. The Morgan fingerprint density at radius 2 is 1.97 bits per heavy atom. The molecule has 2 heterocycles. The minimum Gasteiger partial charge on any atom is -0.454 e. The molecule has 2 aromatic rings. The summed E-state index contributed by atoms with van der Waals surface area (Å²) in [5.41, 5.74) is 1.37. The lowest BCUT2D eigenvalue weighted by Gasteiger charge is -2.19. The van der Waals surface area contributed by atoms with Crippen LogP contribution in [0.5, 0.6) is 11.5 Å². The Bertz CT molecular complexity index is 1130. The largest absolute Gasteiger partial charge is 0.454 e. The zero-order chi connectivity index (χ0) is 22.0. The van der Waals surface area contributed by atoms with Gasteiger partial charge in [-0.3, -0.25) is 14.5 Å². The number of amides is 1. The second kappa shape index (κ2) is 8.58. The number of hydrogen-bond acceptors (Lipinski definition) is 6. The van der Waals surface area contributed by atoms with Crippen LogP contribution in [0.25, 0.3) is 0 Å². The summed E-state index contributed by atoms with van der Waals surface area (Å²) in [4.78, 5) is 17.8. The average molecular weight is 444 g/mol. The summed E-state index contributed by atoms with van der Waals surface area (Å²) < 4.78 is 38.0. The van der Waals surface area contributed by atoms with E-state index in [9.17, 15) is 13.2 Å². The van der Waals surface area contributed by atoms with Gasteiger partial charge in [0.25, 0.3) is 10.0 Å². The molecule has 0 bridgehead atoms. The van der Waals surface area contributed by atoms with Crippen molar-refractivity contribution in [3.63, 3.8) is 0 Å². The lowest BCUT2D eigenvalue weighted by Crippen LogP contribution is -2.37. The number of aliphatic imine (C=N–C) groups is 1. The maximum atomic E-state index is 13.1. The molecule has 0 saturated heterocycles. The second-order valence-electron chi connectivity index (χ2n) is 7.58. The molecule has 9 heteroatoms. The molecule has 0 aliphatic carbocycles. The first-order valence-electron chi connectivity index (χ1n) is 10.3. The smallest absolute Gasteiger partial charge is 0.263 e. The van der Waals surface area contributed by atoms with E-state index >= 15 is 0 Å². The van der Waals surface area contributed by atoms with E-state index in [4.69, 9.17) is 9.47 Å². The average Bonchev–Trinajstić information content (AvgIpc) is 3.32. The summed E-state index contributed by atoms with van der Waals surface area (Å²) in [6.07, 6.45) is 2.21. The van der Waals surface area contributed by atoms with Crippen LogP contribution in [-0.4, -0.2) is 33.0 Å². The van der Waals surface area contributed by atoms with E-state index in [2.05, 4.69) is 15.0 Å². The van der Waals surface area contributed by atoms with Crippen LogP contribution in [0.1, 0.15) is 50.3 Å². The van der Waals surface area contributed by atoms with Gasteiger partial charge in [0, 0.05) is 5.56 Å². The highest BCUT2D eigenvalue weighted by atomic mass is 32.2. The molecule has 1 amide bonds. The van der Waals surface area contributed by atoms with Crippen LogP contribution < -0.4 is 19.5 Å². The Kier molecular flexibility index (Phi) is 5.86. The van der Waals surface area contributed by atoms with Crippen molar-refractivity contribution < 1.29 is 22.7 Å². The molecule has 2 aliphatic heterocycles. The summed E-state index contributed by atoms with van der Waals surface area (Å²) in [5, 5.41) is 3.00. The summed E-state index contributed by atoms with van der Waals surface area (Å²) in [5.74, 6) is 1.29. The van der Waals surface area contributed by atoms with E-state index in [1.54, 1.807) is 18.2 Å². The van der Waals surface area contributed by atoms with Crippen LogP contribution in [0.4, 0.5) is 0 Å². The molecular weight excluding hydrogens is 418 g/mol. The molecule has 4 rings (SSSR count). The molecule has 2 atom stereocenters. The van der Waals surface area contributed by atoms with Gasteiger partial charge in [-0.1, -0.05) is 38.0 Å².